The van der Waals surface area contributed by atoms with Crippen LogP contribution in [-0.2, 0) is 0 Å². The van der Waals surface area contributed by atoms with Crippen LogP contribution in [0.1, 0.15) is 144 Å². The Morgan fingerprint density at radius 3 is 1.13 bits per heavy atom. The highest BCUT2D eigenvalue weighted by atomic mass is 35.5. The Hall–Kier alpha value is 0.600. The topological polar surface area (TPSA) is 4.44 Å². The molecule has 0 spiro atoms. The lowest BCUT2D eigenvalue weighted by Crippen LogP contribution is -3.12. The molecule has 0 aromatic heterocycles. The molecular weight excluding hydrogens is 406 g/mol. The lowest BCUT2D eigenvalue weighted by molar-refractivity contribution is -0.900. The summed E-state index contributed by atoms with van der Waals surface area (Å²) in [6.45, 7) is 15.6. The highest BCUT2D eigenvalue weighted by Gasteiger charge is 2.05. The first-order valence-electron chi connectivity index (χ1n) is 13.7. The van der Waals surface area contributed by atoms with Crippen LogP contribution in [0, 0.1) is 0 Å². The molecule has 0 aromatic rings. The van der Waals surface area contributed by atoms with Crippen molar-refractivity contribution < 1.29 is 17.3 Å². The Morgan fingerprint density at radius 1 is 0.400 bits per heavy atom. The van der Waals surface area contributed by atoms with Gasteiger partial charge in [0.25, 0.3) is 0 Å². The smallest absolute Gasteiger partial charge is 0.0770 e. The van der Waals surface area contributed by atoms with E-state index < -0.39 is 0 Å². The maximum Gasteiger partial charge on any atom is 0.0770 e. The fourth-order valence-electron chi connectivity index (χ4n) is 3.59. The molecular formula is C27H60ClNS. The van der Waals surface area contributed by atoms with Gasteiger partial charge in [-0.25, -0.2) is 0 Å². The van der Waals surface area contributed by atoms with Crippen molar-refractivity contribution in [1.82, 2.24) is 0 Å². The van der Waals surface area contributed by atoms with Crippen molar-refractivity contribution >= 4 is 11.8 Å². The molecule has 0 aliphatic rings. The normalized spacial score (nSPS) is 10.6. The quantitative estimate of drug-likeness (QED) is 0.212. The molecule has 0 bridgehead atoms. The minimum absolute atomic E-state index is 0. The van der Waals surface area contributed by atoms with Gasteiger partial charge in [0.15, 0.2) is 0 Å². The molecule has 30 heavy (non-hydrogen) atoms. The molecule has 1 nitrogen and oxygen atoms in total. The van der Waals surface area contributed by atoms with Gasteiger partial charge in [-0.3, -0.25) is 0 Å². The third-order valence-corrected chi connectivity index (χ3v) is 6.92. The van der Waals surface area contributed by atoms with E-state index in [-0.39, 0.29) is 12.4 Å². The Morgan fingerprint density at radius 2 is 0.767 bits per heavy atom. The van der Waals surface area contributed by atoms with Crippen LogP contribution < -0.4 is 17.3 Å². The standard InChI is InChI=1S/C15H32S.C12H27N.ClH/c1-3-5-6-7-8-9-10-11-12-13-15-16-14-4-2;1-4-7-10-13(11-8-5-2)12-9-6-3;/h3-15H2,1-2H3;4-12H2,1-3H3;1H. The van der Waals surface area contributed by atoms with E-state index in [1.54, 1.807) is 0 Å². The molecule has 0 atom stereocenters. The minimum Gasteiger partial charge on any atom is -1.00 e. The molecule has 3 heteroatoms. The van der Waals surface area contributed by atoms with Crippen LogP contribution in [0.4, 0.5) is 0 Å². The van der Waals surface area contributed by atoms with Gasteiger partial charge < -0.3 is 17.3 Å². The maximum absolute atomic E-state index is 2.29. The first-order chi connectivity index (χ1) is 14.3. The van der Waals surface area contributed by atoms with Gasteiger partial charge in [-0.1, -0.05) is 112 Å². The van der Waals surface area contributed by atoms with Crippen molar-refractivity contribution in [2.75, 3.05) is 31.1 Å². The van der Waals surface area contributed by atoms with Crippen LogP contribution >= 0.6 is 11.8 Å². The molecule has 0 unspecified atom stereocenters. The number of halogens is 1. The summed E-state index contributed by atoms with van der Waals surface area (Å²) in [7, 11) is 0. The van der Waals surface area contributed by atoms with E-state index in [0.29, 0.717) is 0 Å². The van der Waals surface area contributed by atoms with E-state index in [9.17, 15) is 0 Å². The number of nitrogens with one attached hydrogen (secondary N) is 1. The zero-order valence-corrected chi connectivity index (χ0v) is 23.4. The van der Waals surface area contributed by atoms with E-state index in [2.05, 4.69) is 46.4 Å². The van der Waals surface area contributed by atoms with Crippen molar-refractivity contribution in [3.05, 3.63) is 0 Å². The molecule has 0 saturated carbocycles. The molecule has 1 N–H and O–H groups in total. The third-order valence-electron chi connectivity index (χ3n) is 5.64. The van der Waals surface area contributed by atoms with Crippen LogP contribution in [0.2, 0.25) is 0 Å². The lowest BCUT2D eigenvalue weighted by Gasteiger charge is -2.18. The summed E-state index contributed by atoms with van der Waals surface area (Å²) in [4.78, 5) is 1.84. The van der Waals surface area contributed by atoms with Crippen molar-refractivity contribution in [1.29, 1.82) is 0 Å². The van der Waals surface area contributed by atoms with Crippen molar-refractivity contribution in [2.45, 2.75) is 144 Å². The number of quaternary nitrogens is 1. The van der Waals surface area contributed by atoms with Crippen LogP contribution in [0.25, 0.3) is 0 Å². The molecule has 0 fully saturated rings. The Balaban J connectivity index is -0.000000480. The second-order valence-corrected chi connectivity index (χ2v) is 10.1. The van der Waals surface area contributed by atoms with Gasteiger partial charge in [0, 0.05) is 0 Å². The molecule has 0 aliphatic heterocycles. The van der Waals surface area contributed by atoms with E-state index in [1.165, 1.54) is 140 Å². The number of rotatable bonds is 22. The molecule has 0 amide bonds. The largest absolute Gasteiger partial charge is 1.00 e. The van der Waals surface area contributed by atoms with E-state index in [0.717, 1.165) is 0 Å². The summed E-state index contributed by atoms with van der Waals surface area (Å²) in [5.74, 6) is 2.75. The number of thioether (sulfide) groups is 1. The van der Waals surface area contributed by atoms with Gasteiger partial charge in [-0.15, -0.1) is 0 Å². The van der Waals surface area contributed by atoms with Gasteiger partial charge in [-0.2, -0.15) is 11.8 Å². The second kappa shape index (κ2) is 34.2. The number of unbranched alkanes of at least 4 members (excludes halogenated alkanes) is 12. The SMILES string of the molecule is CCCCCCCCCCCCSCCC.CCCC[NH+](CCCC)CCCC.[Cl-]. The molecule has 0 radical (unpaired) electrons. The van der Waals surface area contributed by atoms with E-state index >= 15 is 0 Å². The Labute approximate surface area is 203 Å². The summed E-state index contributed by atoms with van der Waals surface area (Å²) in [6.07, 6.45) is 24.2. The molecule has 0 rings (SSSR count). The lowest BCUT2D eigenvalue weighted by atomic mass is 10.1. The zero-order chi connectivity index (χ0) is 21.8. The van der Waals surface area contributed by atoms with Crippen molar-refractivity contribution in [2.24, 2.45) is 0 Å². The first-order valence-corrected chi connectivity index (χ1v) is 14.8. The minimum atomic E-state index is 0. The molecule has 0 aliphatic carbocycles. The van der Waals surface area contributed by atoms with Crippen molar-refractivity contribution in [3.63, 3.8) is 0 Å². The number of hydrogen-bond acceptors (Lipinski definition) is 1. The first kappa shape index (κ1) is 35.2. The maximum atomic E-state index is 2.29. The predicted octanol–water partition coefficient (Wildman–Crippen LogP) is 5.33. The van der Waals surface area contributed by atoms with Gasteiger partial charge in [0.2, 0.25) is 0 Å². The second-order valence-electron chi connectivity index (χ2n) is 8.86. The highest BCUT2D eigenvalue weighted by Crippen LogP contribution is 2.12. The summed E-state index contributed by atoms with van der Waals surface area (Å²) in [5, 5.41) is 0. The van der Waals surface area contributed by atoms with Crippen LogP contribution in [0.5, 0.6) is 0 Å². The summed E-state index contributed by atoms with van der Waals surface area (Å²) >= 11 is 2.13. The number of hydrogen-bond donors (Lipinski definition) is 1. The molecule has 0 aromatic carbocycles. The molecule has 186 valence electrons. The molecule has 0 heterocycles. The van der Waals surface area contributed by atoms with E-state index in [1.807, 2.05) is 4.90 Å². The highest BCUT2D eigenvalue weighted by molar-refractivity contribution is 7.99. The van der Waals surface area contributed by atoms with Gasteiger partial charge in [-0.05, 0) is 43.6 Å². The summed E-state index contributed by atoms with van der Waals surface area (Å²) in [6, 6.07) is 0. The van der Waals surface area contributed by atoms with Crippen LogP contribution in [0.15, 0.2) is 0 Å². The van der Waals surface area contributed by atoms with Crippen molar-refractivity contribution in [3.8, 4) is 0 Å². The van der Waals surface area contributed by atoms with Crippen LogP contribution in [0.3, 0.4) is 0 Å². The zero-order valence-electron chi connectivity index (χ0n) is 21.8. The third kappa shape index (κ3) is 33.2. The predicted molar refractivity (Wildman–Crippen MR) is 140 cm³/mol. The summed E-state index contributed by atoms with van der Waals surface area (Å²) in [5.41, 5.74) is 0. The monoisotopic (exact) mass is 465 g/mol. The van der Waals surface area contributed by atoms with Crippen LogP contribution in [-0.4, -0.2) is 31.1 Å². The fraction of sp³-hybridized carbons (Fsp3) is 1.00. The van der Waals surface area contributed by atoms with Gasteiger partial charge >= 0.3 is 0 Å². The fourth-order valence-corrected chi connectivity index (χ4v) is 4.49. The van der Waals surface area contributed by atoms with Gasteiger partial charge in [0.1, 0.15) is 0 Å². The van der Waals surface area contributed by atoms with E-state index in [4.69, 9.17) is 0 Å². The Bertz CT molecular complexity index is 230. The average Bonchev–Trinajstić information content (AvgIpc) is 2.74. The van der Waals surface area contributed by atoms with Gasteiger partial charge in [0.05, 0.1) is 19.6 Å². The molecule has 0 saturated heterocycles. The Kier molecular flexibility index (Phi) is 40.1. The summed E-state index contributed by atoms with van der Waals surface area (Å²) < 4.78 is 0. The average molecular weight is 466 g/mol.